The molecule has 8 heteroatoms. The van der Waals surface area contributed by atoms with E-state index in [1.807, 2.05) is 19.1 Å². The van der Waals surface area contributed by atoms with Gasteiger partial charge in [-0.15, -0.1) is 0 Å². The van der Waals surface area contributed by atoms with Crippen molar-refractivity contribution in [1.29, 1.82) is 5.41 Å². The van der Waals surface area contributed by atoms with Crippen LogP contribution in [0, 0.1) is 24.2 Å². The number of hydrogen-bond donors (Lipinski definition) is 3. The summed E-state index contributed by atoms with van der Waals surface area (Å²) >= 11 is 0. The van der Waals surface area contributed by atoms with Gasteiger partial charge in [-0.05, 0) is 31.9 Å². The Morgan fingerprint density at radius 3 is 2.63 bits per heavy atom. The summed E-state index contributed by atoms with van der Waals surface area (Å²) in [6.07, 6.45) is 8.32. The molecule has 0 unspecified atom stereocenters. The molecule has 2 aromatic rings. The number of pyridine rings is 1. The molecular formula is C22H28N8. The number of aryl methyl sites for hydroxylation is 1. The van der Waals surface area contributed by atoms with Crippen LogP contribution in [0.25, 0.3) is 0 Å². The highest BCUT2D eigenvalue weighted by Gasteiger charge is 2.25. The summed E-state index contributed by atoms with van der Waals surface area (Å²) in [5.74, 6) is 7.94. The van der Waals surface area contributed by atoms with Crippen molar-refractivity contribution in [3.05, 3.63) is 41.3 Å². The molecule has 4 N–H and O–H groups in total. The highest BCUT2D eigenvalue weighted by atomic mass is 15.4. The Labute approximate surface area is 177 Å². The summed E-state index contributed by atoms with van der Waals surface area (Å²) in [6.45, 7) is 4.94. The summed E-state index contributed by atoms with van der Waals surface area (Å²) in [5, 5.41) is 11.8. The number of nitrogens with zero attached hydrogens (tertiary/aromatic N) is 5. The predicted molar refractivity (Wildman–Crippen MR) is 118 cm³/mol. The third kappa shape index (κ3) is 4.62. The van der Waals surface area contributed by atoms with Gasteiger partial charge in [0.2, 0.25) is 5.95 Å². The number of anilines is 2. The first kappa shape index (κ1) is 20.0. The van der Waals surface area contributed by atoms with Crippen LogP contribution in [-0.4, -0.2) is 58.0 Å². The number of rotatable bonds is 2. The molecule has 30 heavy (non-hydrogen) atoms. The number of piperazine rings is 1. The zero-order valence-electron chi connectivity index (χ0n) is 17.4. The molecule has 0 bridgehead atoms. The van der Waals surface area contributed by atoms with Crippen molar-refractivity contribution in [2.75, 3.05) is 36.8 Å². The maximum atomic E-state index is 8.41. The Morgan fingerprint density at radius 1 is 1.17 bits per heavy atom. The monoisotopic (exact) mass is 404 g/mol. The number of hydrogen-bond acceptors (Lipinski definition) is 6. The van der Waals surface area contributed by atoms with Crippen LogP contribution >= 0.6 is 0 Å². The van der Waals surface area contributed by atoms with Crippen molar-refractivity contribution in [3.63, 3.8) is 0 Å². The van der Waals surface area contributed by atoms with Gasteiger partial charge in [0.25, 0.3) is 0 Å². The second-order valence-corrected chi connectivity index (χ2v) is 7.81. The fourth-order valence-corrected chi connectivity index (χ4v) is 4.02. The van der Waals surface area contributed by atoms with Crippen LogP contribution in [0.4, 0.5) is 11.8 Å². The zero-order valence-corrected chi connectivity index (χ0v) is 17.4. The van der Waals surface area contributed by atoms with Crippen LogP contribution in [0.5, 0.6) is 0 Å². The van der Waals surface area contributed by atoms with Crippen LogP contribution < -0.4 is 16.0 Å². The molecule has 1 saturated carbocycles. The molecule has 1 aliphatic carbocycles. The molecule has 0 spiro atoms. The third-order valence-corrected chi connectivity index (χ3v) is 5.67. The molecule has 2 aromatic heterocycles. The van der Waals surface area contributed by atoms with E-state index in [4.69, 9.17) is 11.1 Å². The predicted octanol–water partition coefficient (Wildman–Crippen LogP) is 1.75. The first-order chi connectivity index (χ1) is 14.6. The minimum atomic E-state index is 0.257. The maximum absolute atomic E-state index is 8.41. The van der Waals surface area contributed by atoms with Crippen molar-refractivity contribution in [2.45, 2.75) is 38.6 Å². The average Bonchev–Trinajstić information content (AvgIpc) is 3.26. The first-order valence-corrected chi connectivity index (χ1v) is 10.5. The van der Waals surface area contributed by atoms with Crippen molar-refractivity contribution in [1.82, 2.24) is 25.2 Å². The molecule has 3 heterocycles. The minimum Gasteiger partial charge on any atom is -0.368 e. The van der Waals surface area contributed by atoms with Crippen LogP contribution in [-0.2, 0) is 0 Å². The second-order valence-electron chi connectivity index (χ2n) is 7.81. The second kappa shape index (κ2) is 8.99. The van der Waals surface area contributed by atoms with Crippen LogP contribution in [0.1, 0.15) is 42.5 Å². The molecule has 0 atom stereocenters. The lowest BCUT2D eigenvalue weighted by atomic mass is 10.1. The summed E-state index contributed by atoms with van der Waals surface area (Å²) in [4.78, 5) is 17.2. The van der Waals surface area contributed by atoms with Gasteiger partial charge in [-0.3, -0.25) is 10.4 Å². The Hall–Kier alpha value is -3.34. The smallest absolute Gasteiger partial charge is 0.222 e. The fraction of sp³-hybridized carbons (Fsp3) is 0.455. The highest BCUT2D eigenvalue weighted by molar-refractivity contribution is 5.77. The van der Waals surface area contributed by atoms with Gasteiger partial charge < -0.3 is 20.9 Å². The Balaban J connectivity index is 1.48. The largest absolute Gasteiger partial charge is 0.368 e. The van der Waals surface area contributed by atoms with Crippen LogP contribution in [0.2, 0.25) is 0 Å². The van der Waals surface area contributed by atoms with E-state index in [1.165, 1.54) is 25.7 Å². The Bertz CT molecular complexity index is 948. The topological polar surface area (TPSA) is 107 Å². The standard InChI is InChI=1S/C22H28N8/c1-16-19(9-8-17-5-4-10-25-15-17)20(28-21(23)26-16)29-11-13-30(14-12-29)22(24)27-18-6-2-3-7-18/h4-5,10,15,18H,2-3,6-7,11-14H2,1H3,(H2,24,27)(H2,23,26,28). The number of nitrogen functional groups attached to an aromatic ring is 1. The lowest BCUT2D eigenvalue weighted by molar-refractivity contribution is 0.363. The number of nitrogens with one attached hydrogen (secondary N) is 2. The SMILES string of the molecule is Cc1nc(N)nc(N2CCN(C(=N)NC3CCCC3)CC2)c1C#Cc1cccnc1. The third-order valence-electron chi connectivity index (χ3n) is 5.67. The van der Waals surface area contributed by atoms with Gasteiger partial charge in [0.15, 0.2) is 5.96 Å². The Kier molecular flexibility index (Phi) is 5.98. The van der Waals surface area contributed by atoms with E-state index < -0.39 is 0 Å². The summed E-state index contributed by atoms with van der Waals surface area (Å²) in [5.41, 5.74) is 8.35. The number of aromatic nitrogens is 3. The van der Waals surface area contributed by atoms with Gasteiger partial charge in [0, 0.05) is 50.2 Å². The molecule has 1 saturated heterocycles. The molecule has 8 nitrogen and oxygen atoms in total. The Morgan fingerprint density at radius 2 is 1.93 bits per heavy atom. The first-order valence-electron chi connectivity index (χ1n) is 10.5. The summed E-state index contributed by atoms with van der Waals surface area (Å²) < 4.78 is 0. The lowest BCUT2D eigenvalue weighted by Gasteiger charge is -2.37. The molecule has 4 rings (SSSR count). The molecule has 2 aliphatic rings. The van der Waals surface area contributed by atoms with E-state index in [-0.39, 0.29) is 5.95 Å². The van der Waals surface area contributed by atoms with E-state index in [0.29, 0.717) is 12.0 Å². The minimum absolute atomic E-state index is 0.257. The van der Waals surface area contributed by atoms with Gasteiger partial charge in [0.05, 0.1) is 11.3 Å². The van der Waals surface area contributed by atoms with E-state index in [9.17, 15) is 0 Å². The molecule has 2 fully saturated rings. The van der Waals surface area contributed by atoms with Gasteiger partial charge in [0.1, 0.15) is 5.82 Å². The van der Waals surface area contributed by atoms with Gasteiger partial charge >= 0.3 is 0 Å². The number of guanidine groups is 1. The van der Waals surface area contributed by atoms with Crippen LogP contribution in [0.15, 0.2) is 24.5 Å². The fourth-order valence-electron chi connectivity index (χ4n) is 4.02. The van der Waals surface area contributed by atoms with Gasteiger partial charge in [-0.1, -0.05) is 24.7 Å². The van der Waals surface area contributed by atoms with Crippen molar-refractivity contribution in [2.24, 2.45) is 0 Å². The molecule has 1 aliphatic heterocycles. The van der Waals surface area contributed by atoms with E-state index in [1.54, 1.807) is 12.4 Å². The van der Waals surface area contributed by atoms with E-state index in [0.717, 1.165) is 48.8 Å². The van der Waals surface area contributed by atoms with Crippen molar-refractivity contribution < 1.29 is 0 Å². The normalized spacial score (nSPS) is 16.8. The maximum Gasteiger partial charge on any atom is 0.222 e. The number of nitrogens with two attached hydrogens (primary N) is 1. The van der Waals surface area contributed by atoms with E-state index in [2.05, 4.69) is 41.9 Å². The van der Waals surface area contributed by atoms with E-state index >= 15 is 0 Å². The van der Waals surface area contributed by atoms with Crippen molar-refractivity contribution >= 4 is 17.7 Å². The zero-order chi connectivity index (χ0) is 20.9. The molecule has 0 radical (unpaired) electrons. The van der Waals surface area contributed by atoms with Gasteiger partial charge in [-0.25, -0.2) is 4.98 Å². The quantitative estimate of drug-likeness (QED) is 0.398. The summed E-state index contributed by atoms with van der Waals surface area (Å²) in [6, 6.07) is 4.24. The van der Waals surface area contributed by atoms with Crippen molar-refractivity contribution in [3.8, 4) is 11.8 Å². The highest BCUT2D eigenvalue weighted by Crippen LogP contribution is 2.23. The lowest BCUT2D eigenvalue weighted by Crippen LogP contribution is -2.54. The van der Waals surface area contributed by atoms with Crippen LogP contribution in [0.3, 0.4) is 0 Å². The molecular weight excluding hydrogens is 376 g/mol. The summed E-state index contributed by atoms with van der Waals surface area (Å²) in [7, 11) is 0. The molecule has 0 aromatic carbocycles. The average molecular weight is 405 g/mol. The molecule has 156 valence electrons. The molecule has 0 amide bonds. The van der Waals surface area contributed by atoms with Gasteiger partial charge in [-0.2, -0.15) is 4.98 Å².